The highest BCUT2D eigenvalue weighted by atomic mass is 16.3. The molecule has 0 aliphatic heterocycles. The summed E-state index contributed by atoms with van der Waals surface area (Å²) in [6, 6.07) is 13.8. The minimum Gasteiger partial charge on any atom is -0.467 e. The Morgan fingerprint density at radius 1 is 1.08 bits per heavy atom. The van der Waals surface area contributed by atoms with Crippen molar-refractivity contribution in [3.8, 4) is 0 Å². The molecule has 0 bridgehead atoms. The smallest absolute Gasteiger partial charge is 0.233 e. The Hall–Kier alpha value is -2.07. The molecule has 2 N–H and O–H groups in total. The van der Waals surface area contributed by atoms with E-state index in [-0.39, 0.29) is 18.5 Å². The van der Waals surface area contributed by atoms with Gasteiger partial charge in [0.05, 0.1) is 18.8 Å². The number of amides is 1. The summed E-state index contributed by atoms with van der Waals surface area (Å²) in [6.07, 6.45) is 8.09. The fraction of sp³-hybridized carbons (Fsp3) is 0.450. The summed E-state index contributed by atoms with van der Waals surface area (Å²) in [5.41, 5.74) is 1.09. The average Bonchev–Trinajstić information content (AvgIpc) is 3.16. The maximum atomic E-state index is 12.2. The molecular weight excluding hydrogens is 300 g/mol. The number of benzene rings is 1. The molecule has 4 nitrogen and oxygen atoms in total. The summed E-state index contributed by atoms with van der Waals surface area (Å²) in [7, 11) is 0. The molecule has 3 rings (SSSR count). The SMILES string of the molecule is O=C(CN[C@@H](c1ccccc1)c1ccco1)NCC1CCCCC1. The number of carbonyl (C=O) groups is 1. The van der Waals surface area contributed by atoms with E-state index in [9.17, 15) is 4.79 Å². The van der Waals surface area contributed by atoms with Crippen molar-refractivity contribution in [2.24, 2.45) is 5.92 Å². The molecule has 1 saturated carbocycles. The maximum absolute atomic E-state index is 12.2. The van der Waals surface area contributed by atoms with E-state index in [0.717, 1.165) is 17.9 Å². The number of hydrogen-bond acceptors (Lipinski definition) is 3. The van der Waals surface area contributed by atoms with E-state index < -0.39 is 0 Å². The largest absolute Gasteiger partial charge is 0.467 e. The number of rotatable bonds is 7. The van der Waals surface area contributed by atoms with E-state index in [4.69, 9.17) is 4.42 Å². The van der Waals surface area contributed by atoms with Gasteiger partial charge in [-0.05, 0) is 36.5 Å². The Kier molecular flexibility index (Phi) is 6.07. The highest BCUT2D eigenvalue weighted by molar-refractivity contribution is 5.78. The highest BCUT2D eigenvalue weighted by Gasteiger charge is 2.18. The van der Waals surface area contributed by atoms with E-state index in [2.05, 4.69) is 10.6 Å². The van der Waals surface area contributed by atoms with Gasteiger partial charge in [0, 0.05) is 6.54 Å². The van der Waals surface area contributed by atoms with Crippen molar-refractivity contribution >= 4 is 5.91 Å². The van der Waals surface area contributed by atoms with E-state index >= 15 is 0 Å². The fourth-order valence-corrected chi connectivity index (χ4v) is 3.39. The molecule has 0 spiro atoms. The van der Waals surface area contributed by atoms with Gasteiger partial charge in [0.15, 0.2) is 0 Å². The van der Waals surface area contributed by atoms with Crippen LogP contribution >= 0.6 is 0 Å². The third kappa shape index (κ3) is 4.71. The van der Waals surface area contributed by atoms with Gasteiger partial charge in [-0.1, -0.05) is 49.6 Å². The Labute approximate surface area is 143 Å². The molecule has 1 fully saturated rings. The monoisotopic (exact) mass is 326 g/mol. The molecule has 0 radical (unpaired) electrons. The van der Waals surface area contributed by atoms with Gasteiger partial charge in [-0.3, -0.25) is 10.1 Å². The standard InChI is InChI=1S/C20H26N2O2/c23-19(21-14-16-8-3-1-4-9-16)15-22-20(18-12-7-13-24-18)17-10-5-2-6-11-17/h2,5-7,10-13,16,20,22H,1,3-4,8-9,14-15H2,(H,21,23)/t20-/m0/s1. The summed E-state index contributed by atoms with van der Waals surface area (Å²) < 4.78 is 5.54. The van der Waals surface area contributed by atoms with Crippen LogP contribution in [0.2, 0.25) is 0 Å². The van der Waals surface area contributed by atoms with Gasteiger partial charge in [0.25, 0.3) is 0 Å². The van der Waals surface area contributed by atoms with Crippen molar-refractivity contribution < 1.29 is 9.21 Å². The zero-order chi connectivity index (χ0) is 16.6. The van der Waals surface area contributed by atoms with Crippen molar-refractivity contribution in [3.63, 3.8) is 0 Å². The molecule has 1 aromatic carbocycles. The van der Waals surface area contributed by atoms with E-state index in [0.29, 0.717) is 5.92 Å². The maximum Gasteiger partial charge on any atom is 0.233 e. The summed E-state index contributed by atoms with van der Waals surface area (Å²) in [4.78, 5) is 12.2. The molecule has 1 heterocycles. The molecule has 4 heteroatoms. The zero-order valence-electron chi connectivity index (χ0n) is 14.0. The van der Waals surface area contributed by atoms with Gasteiger partial charge in [-0.15, -0.1) is 0 Å². The predicted molar refractivity (Wildman–Crippen MR) is 94.6 cm³/mol. The highest BCUT2D eigenvalue weighted by Crippen LogP contribution is 2.23. The Morgan fingerprint density at radius 2 is 1.88 bits per heavy atom. The Bertz CT molecular complexity index is 604. The van der Waals surface area contributed by atoms with Crippen molar-refractivity contribution in [1.29, 1.82) is 0 Å². The van der Waals surface area contributed by atoms with Crippen LogP contribution in [0.15, 0.2) is 53.1 Å². The van der Waals surface area contributed by atoms with Crippen LogP contribution < -0.4 is 10.6 Å². The number of furan rings is 1. The lowest BCUT2D eigenvalue weighted by Crippen LogP contribution is -2.38. The fourth-order valence-electron chi connectivity index (χ4n) is 3.39. The number of nitrogens with one attached hydrogen (secondary N) is 2. The molecule has 0 saturated heterocycles. The van der Waals surface area contributed by atoms with Crippen LogP contribution in [0, 0.1) is 5.92 Å². The molecule has 1 aromatic heterocycles. The van der Waals surface area contributed by atoms with Gasteiger partial charge >= 0.3 is 0 Å². The second-order valence-corrected chi connectivity index (χ2v) is 6.55. The molecular formula is C20H26N2O2. The van der Waals surface area contributed by atoms with Crippen LogP contribution in [0.1, 0.15) is 49.5 Å². The second kappa shape index (κ2) is 8.69. The van der Waals surface area contributed by atoms with Gasteiger partial charge in [0.2, 0.25) is 5.91 Å². The topological polar surface area (TPSA) is 54.3 Å². The van der Waals surface area contributed by atoms with Gasteiger partial charge in [0.1, 0.15) is 5.76 Å². The third-order valence-corrected chi connectivity index (χ3v) is 4.74. The first kappa shape index (κ1) is 16.8. The van der Waals surface area contributed by atoms with E-state index in [1.165, 1.54) is 32.1 Å². The lowest BCUT2D eigenvalue weighted by molar-refractivity contribution is -0.120. The van der Waals surface area contributed by atoms with Crippen LogP contribution in [-0.2, 0) is 4.79 Å². The van der Waals surface area contributed by atoms with Crippen LogP contribution in [-0.4, -0.2) is 19.0 Å². The molecule has 1 atom stereocenters. The Balaban J connectivity index is 1.52. The summed E-state index contributed by atoms with van der Waals surface area (Å²) in [5, 5.41) is 6.39. The van der Waals surface area contributed by atoms with Crippen LogP contribution in [0.25, 0.3) is 0 Å². The van der Waals surface area contributed by atoms with Crippen LogP contribution in [0.4, 0.5) is 0 Å². The Morgan fingerprint density at radius 3 is 2.58 bits per heavy atom. The van der Waals surface area contributed by atoms with Crippen molar-refractivity contribution in [2.45, 2.75) is 38.1 Å². The quantitative estimate of drug-likeness (QED) is 0.816. The van der Waals surface area contributed by atoms with Gasteiger partial charge in [-0.2, -0.15) is 0 Å². The third-order valence-electron chi connectivity index (χ3n) is 4.74. The first-order chi connectivity index (χ1) is 11.8. The molecule has 1 aliphatic carbocycles. The molecule has 1 aliphatic rings. The summed E-state index contributed by atoms with van der Waals surface area (Å²) >= 11 is 0. The first-order valence-electron chi connectivity index (χ1n) is 8.91. The number of carbonyl (C=O) groups excluding carboxylic acids is 1. The number of hydrogen-bond donors (Lipinski definition) is 2. The zero-order valence-corrected chi connectivity index (χ0v) is 14.0. The second-order valence-electron chi connectivity index (χ2n) is 6.55. The van der Waals surface area contributed by atoms with Gasteiger partial charge in [-0.25, -0.2) is 0 Å². The summed E-state index contributed by atoms with van der Waals surface area (Å²) in [5.74, 6) is 1.52. The minimum absolute atomic E-state index is 0.0491. The molecule has 1 amide bonds. The average molecular weight is 326 g/mol. The predicted octanol–water partition coefficient (Wildman–Crippen LogP) is 3.66. The lowest BCUT2D eigenvalue weighted by atomic mass is 9.89. The normalized spacial score (nSPS) is 16.7. The van der Waals surface area contributed by atoms with Gasteiger partial charge < -0.3 is 9.73 Å². The van der Waals surface area contributed by atoms with Crippen LogP contribution in [0.3, 0.4) is 0 Å². The molecule has 2 aromatic rings. The minimum atomic E-state index is -0.110. The summed E-state index contributed by atoms with van der Waals surface area (Å²) in [6.45, 7) is 1.09. The van der Waals surface area contributed by atoms with Crippen molar-refractivity contribution in [3.05, 3.63) is 60.1 Å². The molecule has 0 unspecified atom stereocenters. The lowest BCUT2D eigenvalue weighted by Gasteiger charge is -2.22. The molecule has 24 heavy (non-hydrogen) atoms. The molecule has 128 valence electrons. The van der Waals surface area contributed by atoms with E-state index in [1.807, 2.05) is 42.5 Å². The first-order valence-corrected chi connectivity index (χ1v) is 8.91. The van der Waals surface area contributed by atoms with Crippen molar-refractivity contribution in [1.82, 2.24) is 10.6 Å². The van der Waals surface area contributed by atoms with E-state index in [1.54, 1.807) is 6.26 Å². The van der Waals surface area contributed by atoms with Crippen molar-refractivity contribution in [2.75, 3.05) is 13.1 Å². The van der Waals surface area contributed by atoms with Crippen LogP contribution in [0.5, 0.6) is 0 Å².